The molecule has 0 aromatic rings. The van der Waals surface area contributed by atoms with E-state index in [0.717, 1.165) is 29.7 Å². The van der Waals surface area contributed by atoms with Crippen molar-refractivity contribution >= 4 is 16.2 Å². The summed E-state index contributed by atoms with van der Waals surface area (Å²) in [5, 5.41) is 8.27. The zero-order valence-electron chi connectivity index (χ0n) is 7.62. The molecule has 0 saturated heterocycles. The first-order valence-electron chi connectivity index (χ1n) is 4.18. The van der Waals surface area contributed by atoms with Crippen LogP contribution in [-0.2, 0) is 9.53 Å². The molecule has 1 N–H and O–H groups in total. The number of hydrogen-bond donors (Lipinski definition) is 1. The average molecular weight is 188 g/mol. The molecule has 1 atom stereocenters. The summed E-state index contributed by atoms with van der Waals surface area (Å²) in [6.07, 6.45) is 4.58. The molecule has 0 aliphatic rings. The van der Waals surface area contributed by atoms with Gasteiger partial charge in [0.25, 0.3) is 0 Å². The molecule has 12 heavy (non-hydrogen) atoms. The van der Waals surface area contributed by atoms with E-state index in [1.807, 2.05) is 6.92 Å². The molecule has 0 fully saturated rings. The number of carbonyl (C=O) groups is 1. The molecule has 0 aliphatic heterocycles. The van der Waals surface area contributed by atoms with Crippen molar-refractivity contribution in [3.63, 3.8) is 0 Å². The first-order chi connectivity index (χ1) is 5.66. The maximum atomic E-state index is 10.1. The van der Waals surface area contributed by atoms with Gasteiger partial charge in [0.05, 0.1) is 0 Å². The van der Waals surface area contributed by atoms with Crippen molar-refractivity contribution < 1.29 is 14.6 Å². The van der Waals surface area contributed by atoms with Gasteiger partial charge in [0.2, 0.25) is 0 Å². The molecule has 0 aromatic carbocycles. The van der Waals surface area contributed by atoms with E-state index in [4.69, 9.17) is 9.84 Å². The number of aliphatic carboxylic acids is 1. The van der Waals surface area contributed by atoms with Crippen molar-refractivity contribution in [3.8, 4) is 0 Å². The van der Waals surface area contributed by atoms with E-state index in [2.05, 4.69) is 0 Å². The lowest BCUT2D eigenvalue weighted by molar-refractivity contribution is -0.131. The predicted octanol–water partition coefficient (Wildman–Crippen LogP) is 0.135. The Morgan fingerprint density at radius 3 is 2.92 bits per heavy atom. The van der Waals surface area contributed by atoms with Gasteiger partial charge in [0.1, 0.15) is 0 Å². The highest BCUT2D eigenvalue weighted by atomic mass is 28.1. The van der Waals surface area contributed by atoms with Gasteiger partial charge in [-0.15, -0.1) is 0 Å². The molecule has 0 aromatic heterocycles. The summed E-state index contributed by atoms with van der Waals surface area (Å²) >= 11 is 0. The molecule has 4 heteroatoms. The Kier molecular flexibility index (Phi) is 6.70. The van der Waals surface area contributed by atoms with Crippen LogP contribution in [0, 0.1) is 0 Å². The van der Waals surface area contributed by atoms with Crippen LogP contribution in [0.5, 0.6) is 0 Å². The Hall–Kier alpha value is -0.613. The number of rotatable bonds is 6. The minimum atomic E-state index is -0.878. The van der Waals surface area contributed by atoms with Crippen molar-refractivity contribution in [1.82, 2.24) is 0 Å². The van der Waals surface area contributed by atoms with Crippen LogP contribution >= 0.6 is 0 Å². The van der Waals surface area contributed by atoms with Gasteiger partial charge in [-0.2, -0.15) is 0 Å². The molecule has 0 rings (SSSR count). The van der Waals surface area contributed by atoms with E-state index in [0.29, 0.717) is 5.73 Å². The van der Waals surface area contributed by atoms with Crippen molar-refractivity contribution in [1.29, 1.82) is 0 Å². The largest absolute Gasteiger partial charge is 0.478 e. The number of carboxylic acid groups (broad SMARTS) is 1. The fourth-order valence-electron chi connectivity index (χ4n) is 0.883. The Labute approximate surface area is 75.8 Å². The molecular weight excluding hydrogens is 172 g/mol. The van der Waals surface area contributed by atoms with Gasteiger partial charge in [-0.05, 0) is 19.8 Å². The normalized spacial score (nSPS) is 13.8. The van der Waals surface area contributed by atoms with Gasteiger partial charge in [-0.1, -0.05) is 6.08 Å². The van der Waals surface area contributed by atoms with Crippen LogP contribution in [0.1, 0.15) is 19.8 Å². The second-order valence-corrected chi connectivity index (χ2v) is 3.87. The quantitative estimate of drug-likeness (QED) is 0.476. The number of ether oxygens (including phenoxy) is 1. The molecule has 0 saturated carbocycles. The Balaban J connectivity index is 3.36. The van der Waals surface area contributed by atoms with E-state index in [9.17, 15) is 4.79 Å². The van der Waals surface area contributed by atoms with Crippen LogP contribution in [0.4, 0.5) is 0 Å². The lowest BCUT2D eigenvalue weighted by Crippen LogP contribution is -2.11. The fourth-order valence-corrected chi connectivity index (χ4v) is 1.55. The van der Waals surface area contributed by atoms with E-state index >= 15 is 0 Å². The third-order valence-electron chi connectivity index (χ3n) is 1.45. The van der Waals surface area contributed by atoms with E-state index in [1.54, 1.807) is 6.08 Å². The molecule has 0 amide bonds. The number of hydrogen-bond acceptors (Lipinski definition) is 2. The van der Waals surface area contributed by atoms with Crippen LogP contribution in [0.15, 0.2) is 12.2 Å². The van der Waals surface area contributed by atoms with Gasteiger partial charge in [0, 0.05) is 28.7 Å². The van der Waals surface area contributed by atoms with E-state index in [-0.39, 0.29) is 0 Å². The Morgan fingerprint density at radius 1 is 1.75 bits per heavy atom. The van der Waals surface area contributed by atoms with Gasteiger partial charge < -0.3 is 9.84 Å². The average Bonchev–Trinajstić information content (AvgIpc) is 1.98. The van der Waals surface area contributed by atoms with Gasteiger partial charge in [0.15, 0.2) is 0 Å². The molecule has 0 aliphatic carbocycles. The maximum absolute atomic E-state index is 10.1. The SMILES string of the molecule is CCOC([SiH3])CCC=CC(=O)O. The fraction of sp³-hybridized carbons (Fsp3) is 0.625. The molecule has 0 bridgehead atoms. The van der Waals surface area contributed by atoms with Crippen LogP contribution in [0.25, 0.3) is 0 Å². The third kappa shape index (κ3) is 7.49. The van der Waals surface area contributed by atoms with Gasteiger partial charge in [-0.25, -0.2) is 4.79 Å². The van der Waals surface area contributed by atoms with Crippen LogP contribution in [-0.4, -0.2) is 33.7 Å². The highest BCUT2D eigenvalue weighted by Gasteiger charge is 1.97. The van der Waals surface area contributed by atoms with Gasteiger partial charge >= 0.3 is 5.97 Å². The first-order valence-corrected chi connectivity index (χ1v) is 5.33. The number of carboxylic acids is 1. The summed E-state index contributed by atoms with van der Waals surface area (Å²) in [5.74, 6) is -0.878. The van der Waals surface area contributed by atoms with Crippen LogP contribution < -0.4 is 0 Å². The predicted molar refractivity (Wildman–Crippen MR) is 51.4 cm³/mol. The molecule has 3 nitrogen and oxygen atoms in total. The second-order valence-electron chi connectivity index (χ2n) is 2.58. The van der Waals surface area contributed by atoms with Gasteiger partial charge in [-0.3, -0.25) is 0 Å². The highest BCUT2D eigenvalue weighted by molar-refractivity contribution is 6.10. The lowest BCUT2D eigenvalue weighted by atomic mass is 10.3. The Morgan fingerprint density at radius 2 is 2.42 bits per heavy atom. The lowest BCUT2D eigenvalue weighted by Gasteiger charge is -2.08. The smallest absolute Gasteiger partial charge is 0.327 e. The molecular formula is C8H16O3Si. The zero-order chi connectivity index (χ0) is 9.40. The molecule has 0 spiro atoms. The maximum Gasteiger partial charge on any atom is 0.327 e. The standard InChI is InChI=1S/C8H16O3Si/c1-2-11-8(12)6-4-3-5-7(9)10/h3,5,8H,2,4,6H2,1,12H3,(H,9,10). The monoisotopic (exact) mass is 188 g/mol. The second kappa shape index (κ2) is 7.06. The summed E-state index contributed by atoms with van der Waals surface area (Å²) < 4.78 is 5.33. The van der Waals surface area contributed by atoms with Crippen molar-refractivity contribution in [3.05, 3.63) is 12.2 Å². The first kappa shape index (κ1) is 11.4. The van der Waals surface area contributed by atoms with E-state index in [1.165, 1.54) is 6.08 Å². The third-order valence-corrected chi connectivity index (χ3v) is 2.36. The summed E-state index contributed by atoms with van der Waals surface area (Å²) in [4.78, 5) is 10.1. The molecule has 0 heterocycles. The topological polar surface area (TPSA) is 46.5 Å². The highest BCUT2D eigenvalue weighted by Crippen LogP contribution is 1.98. The summed E-state index contributed by atoms with van der Waals surface area (Å²) in [6.45, 7) is 2.72. The van der Waals surface area contributed by atoms with Crippen molar-refractivity contribution in [2.24, 2.45) is 0 Å². The van der Waals surface area contributed by atoms with Crippen LogP contribution in [0.2, 0.25) is 0 Å². The minimum Gasteiger partial charge on any atom is -0.478 e. The van der Waals surface area contributed by atoms with Crippen molar-refractivity contribution in [2.75, 3.05) is 6.61 Å². The molecule has 70 valence electrons. The summed E-state index contributed by atoms with van der Waals surface area (Å²) in [7, 11) is 1.01. The molecule has 1 unspecified atom stereocenters. The minimum absolute atomic E-state index is 0.355. The summed E-state index contributed by atoms with van der Waals surface area (Å²) in [6, 6.07) is 0. The zero-order valence-corrected chi connectivity index (χ0v) is 9.62. The molecule has 0 radical (unpaired) electrons. The number of allylic oxidation sites excluding steroid dienone is 1. The van der Waals surface area contributed by atoms with Crippen LogP contribution in [0.3, 0.4) is 0 Å². The van der Waals surface area contributed by atoms with E-state index < -0.39 is 5.97 Å². The Bertz CT molecular complexity index is 156. The van der Waals surface area contributed by atoms with Crippen molar-refractivity contribution in [2.45, 2.75) is 25.5 Å². The summed E-state index contributed by atoms with van der Waals surface area (Å²) in [5.41, 5.74) is 0.355.